The zero-order valence-electron chi connectivity index (χ0n) is 14.8. The van der Waals surface area contributed by atoms with Crippen molar-refractivity contribution in [1.82, 2.24) is 4.90 Å². The SMILES string of the molecule is O=C1C(O)=C(c2ccccc2)[C@H](c2ccccc2Cl)N1Cc1ccc(Cl)cc1. The van der Waals surface area contributed by atoms with Crippen LogP contribution in [0.4, 0.5) is 0 Å². The molecule has 0 unspecified atom stereocenters. The smallest absolute Gasteiger partial charge is 0.290 e. The van der Waals surface area contributed by atoms with Crippen LogP contribution in [-0.2, 0) is 11.3 Å². The van der Waals surface area contributed by atoms with Crippen molar-refractivity contribution in [2.24, 2.45) is 0 Å². The number of rotatable bonds is 4. The molecule has 0 fully saturated rings. The summed E-state index contributed by atoms with van der Waals surface area (Å²) < 4.78 is 0. The van der Waals surface area contributed by atoms with Crippen LogP contribution in [0.25, 0.3) is 5.57 Å². The van der Waals surface area contributed by atoms with Crippen molar-refractivity contribution < 1.29 is 9.90 Å². The molecule has 0 aromatic heterocycles. The van der Waals surface area contributed by atoms with Crippen molar-refractivity contribution in [3.05, 3.63) is 111 Å². The fourth-order valence-corrected chi connectivity index (χ4v) is 3.90. The van der Waals surface area contributed by atoms with E-state index in [0.717, 1.165) is 16.7 Å². The molecule has 0 saturated carbocycles. The lowest BCUT2D eigenvalue weighted by molar-refractivity contribution is -0.130. The highest BCUT2D eigenvalue weighted by molar-refractivity contribution is 6.31. The molecule has 3 aromatic rings. The minimum atomic E-state index is -0.487. The first-order chi connectivity index (χ1) is 13.6. The molecule has 0 bridgehead atoms. The molecule has 0 spiro atoms. The van der Waals surface area contributed by atoms with Crippen LogP contribution in [0.3, 0.4) is 0 Å². The van der Waals surface area contributed by atoms with Gasteiger partial charge in [-0.2, -0.15) is 0 Å². The van der Waals surface area contributed by atoms with Gasteiger partial charge < -0.3 is 10.0 Å². The molecule has 0 saturated heterocycles. The number of nitrogens with zero attached hydrogens (tertiary/aromatic N) is 1. The summed E-state index contributed by atoms with van der Waals surface area (Å²) in [5, 5.41) is 11.9. The quantitative estimate of drug-likeness (QED) is 0.569. The molecule has 28 heavy (non-hydrogen) atoms. The van der Waals surface area contributed by atoms with E-state index in [1.54, 1.807) is 23.1 Å². The molecule has 1 aliphatic heterocycles. The second kappa shape index (κ2) is 7.70. The number of carbonyl (C=O) groups is 1. The van der Waals surface area contributed by atoms with E-state index < -0.39 is 11.9 Å². The monoisotopic (exact) mass is 409 g/mol. The number of halogens is 2. The van der Waals surface area contributed by atoms with Crippen molar-refractivity contribution in [3.8, 4) is 0 Å². The van der Waals surface area contributed by atoms with Crippen LogP contribution in [0.15, 0.2) is 84.6 Å². The summed E-state index contributed by atoms with van der Waals surface area (Å²) in [6.07, 6.45) is 0. The maximum Gasteiger partial charge on any atom is 0.290 e. The molecule has 1 atom stereocenters. The molecule has 1 aliphatic rings. The summed E-state index contributed by atoms with van der Waals surface area (Å²) in [6.45, 7) is 0.326. The summed E-state index contributed by atoms with van der Waals surface area (Å²) in [4.78, 5) is 14.6. The van der Waals surface area contributed by atoms with Gasteiger partial charge in [0.25, 0.3) is 5.91 Å². The summed E-state index contributed by atoms with van der Waals surface area (Å²) in [5.74, 6) is -0.663. The Morgan fingerprint density at radius 1 is 0.857 bits per heavy atom. The lowest BCUT2D eigenvalue weighted by Crippen LogP contribution is -2.30. The molecule has 4 rings (SSSR count). The van der Waals surface area contributed by atoms with Gasteiger partial charge in [-0.15, -0.1) is 0 Å². The maximum atomic E-state index is 13.0. The minimum Gasteiger partial charge on any atom is -0.503 e. The van der Waals surface area contributed by atoms with Gasteiger partial charge in [-0.3, -0.25) is 4.79 Å². The largest absolute Gasteiger partial charge is 0.503 e. The van der Waals surface area contributed by atoms with E-state index in [9.17, 15) is 9.90 Å². The molecule has 1 N–H and O–H groups in total. The lowest BCUT2D eigenvalue weighted by atomic mass is 9.93. The second-order valence-corrected chi connectivity index (χ2v) is 7.46. The Bertz CT molecular complexity index is 1050. The number of carbonyl (C=O) groups excluding carboxylic acids is 1. The highest BCUT2D eigenvalue weighted by atomic mass is 35.5. The number of hydrogen-bond donors (Lipinski definition) is 1. The van der Waals surface area contributed by atoms with Gasteiger partial charge in [0.05, 0.1) is 6.04 Å². The standard InChI is InChI=1S/C23H17Cl2NO2/c24-17-12-10-15(11-13-17)14-26-21(18-8-4-5-9-19(18)25)20(22(27)23(26)28)16-6-2-1-3-7-16/h1-13,21,27H,14H2/t21-/m0/s1. The molecule has 3 aromatic carbocycles. The first-order valence-electron chi connectivity index (χ1n) is 8.84. The lowest BCUT2D eigenvalue weighted by Gasteiger charge is -2.28. The number of aliphatic hydroxyl groups is 1. The van der Waals surface area contributed by atoms with Gasteiger partial charge in [0.2, 0.25) is 0 Å². The number of benzene rings is 3. The zero-order chi connectivity index (χ0) is 19.7. The predicted octanol–water partition coefficient (Wildman–Crippen LogP) is 6.05. The van der Waals surface area contributed by atoms with Gasteiger partial charge in [-0.1, -0.05) is 83.9 Å². The van der Waals surface area contributed by atoms with E-state index in [4.69, 9.17) is 23.2 Å². The fourth-order valence-electron chi connectivity index (χ4n) is 3.54. The third-order valence-corrected chi connectivity index (χ3v) is 5.45. The Morgan fingerprint density at radius 2 is 1.50 bits per heavy atom. The van der Waals surface area contributed by atoms with E-state index >= 15 is 0 Å². The van der Waals surface area contributed by atoms with Gasteiger partial charge in [0.15, 0.2) is 5.76 Å². The molecule has 0 aliphatic carbocycles. The minimum absolute atomic E-state index is 0.245. The molecular formula is C23H17Cl2NO2. The second-order valence-electron chi connectivity index (χ2n) is 6.61. The molecule has 1 heterocycles. The van der Waals surface area contributed by atoms with Crippen molar-refractivity contribution in [3.63, 3.8) is 0 Å². The van der Waals surface area contributed by atoms with Gasteiger partial charge in [0, 0.05) is 22.2 Å². The Balaban J connectivity index is 1.83. The Labute approximate surface area is 173 Å². The van der Waals surface area contributed by atoms with E-state index in [0.29, 0.717) is 22.2 Å². The predicted molar refractivity (Wildman–Crippen MR) is 112 cm³/mol. The molecule has 3 nitrogen and oxygen atoms in total. The van der Waals surface area contributed by atoms with Gasteiger partial charge in [-0.25, -0.2) is 0 Å². The highest BCUT2D eigenvalue weighted by Gasteiger charge is 2.41. The van der Waals surface area contributed by atoms with E-state index in [-0.39, 0.29) is 5.76 Å². The van der Waals surface area contributed by atoms with Crippen molar-refractivity contribution in [2.75, 3.05) is 0 Å². The Hall–Kier alpha value is -2.75. The van der Waals surface area contributed by atoms with E-state index in [1.807, 2.05) is 60.7 Å². The first-order valence-corrected chi connectivity index (χ1v) is 9.60. The van der Waals surface area contributed by atoms with Crippen LogP contribution in [0.1, 0.15) is 22.7 Å². The molecular weight excluding hydrogens is 393 g/mol. The number of hydrogen-bond acceptors (Lipinski definition) is 2. The summed E-state index contributed by atoms with van der Waals surface area (Å²) in [7, 11) is 0. The molecule has 140 valence electrons. The van der Waals surface area contributed by atoms with Gasteiger partial charge in [0.1, 0.15) is 0 Å². The molecule has 0 radical (unpaired) electrons. The normalized spacial score (nSPS) is 16.7. The van der Waals surface area contributed by atoms with E-state index in [2.05, 4.69) is 0 Å². The zero-order valence-corrected chi connectivity index (χ0v) is 16.4. The average molecular weight is 410 g/mol. The number of amides is 1. The Kier molecular flexibility index (Phi) is 5.12. The maximum absolute atomic E-state index is 13.0. The van der Waals surface area contributed by atoms with Crippen molar-refractivity contribution in [2.45, 2.75) is 12.6 Å². The van der Waals surface area contributed by atoms with Gasteiger partial charge >= 0.3 is 0 Å². The highest BCUT2D eigenvalue weighted by Crippen LogP contribution is 2.45. The van der Waals surface area contributed by atoms with Crippen molar-refractivity contribution >= 4 is 34.7 Å². The summed E-state index contributed by atoms with van der Waals surface area (Å²) in [6, 6.07) is 23.7. The topological polar surface area (TPSA) is 40.5 Å². The van der Waals surface area contributed by atoms with Crippen LogP contribution >= 0.6 is 23.2 Å². The summed E-state index contributed by atoms with van der Waals surface area (Å²) >= 11 is 12.5. The molecule has 5 heteroatoms. The third-order valence-electron chi connectivity index (χ3n) is 4.85. The average Bonchev–Trinajstić information content (AvgIpc) is 2.95. The van der Waals surface area contributed by atoms with Gasteiger partial charge in [-0.05, 0) is 34.9 Å². The first kappa shape index (κ1) is 18.6. The van der Waals surface area contributed by atoms with Crippen LogP contribution in [0, 0.1) is 0 Å². The Morgan fingerprint density at radius 3 is 2.18 bits per heavy atom. The molecule has 1 amide bonds. The summed E-state index contributed by atoms with van der Waals surface area (Å²) in [5.41, 5.74) is 3.04. The van der Waals surface area contributed by atoms with Crippen LogP contribution in [0.2, 0.25) is 10.0 Å². The van der Waals surface area contributed by atoms with Crippen LogP contribution < -0.4 is 0 Å². The van der Waals surface area contributed by atoms with Crippen molar-refractivity contribution in [1.29, 1.82) is 0 Å². The van der Waals surface area contributed by atoms with E-state index in [1.165, 1.54) is 0 Å². The fraction of sp³-hybridized carbons (Fsp3) is 0.0870. The third kappa shape index (κ3) is 3.39. The van der Waals surface area contributed by atoms with Crippen LogP contribution in [0.5, 0.6) is 0 Å². The van der Waals surface area contributed by atoms with Crippen LogP contribution in [-0.4, -0.2) is 15.9 Å². The number of aliphatic hydroxyl groups excluding tert-OH is 1.